The van der Waals surface area contributed by atoms with Crippen LogP contribution in [0.25, 0.3) is 0 Å². The van der Waals surface area contributed by atoms with Gasteiger partial charge < -0.3 is 0 Å². The van der Waals surface area contributed by atoms with E-state index in [2.05, 4.69) is 23.6 Å². The molecule has 2 saturated heterocycles. The van der Waals surface area contributed by atoms with Crippen LogP contribution in [-0.2, 0) is 0 Å². The Kier molecular flexibility index (Phi) is 4.48. The lowest BCUT2D eigenvalue weighted by molar-refractivity contribution is 0.0000890. The second-order valence-corrected chi connectivity index (χ2v) is 7.21. The fraction of sp³-hybridized carbons (Fsp3) is 1.00. The number of fused-ring (bicyclic) bond motifs is 1. The van der Waals surface area contributed by atoms with Crippen molar-refractivity contribution in [3.63, 3.8) is 0 Å². The predicted molar refractivity (Wildman–Crippen MR) is 81.4 cm³/mol. The zero-order chi connectivity index (χ0) is 13.2. The Morgan fingerprint density at radius 2 is 1.79 bits per heavy atom. The summed E-state index contributed by atoms with van der Waals surface area (Å²) >= 11 is 0. The first-order chi connectivity index (χ1) is 9.29. The lowest BCUT2D eigenvalue weighted by atomic mass is 9.81. The number of piperazine rings is 1. The quantitative estimate of drug-likeness (QED) is 0.769. The van der Waals surface area contributed by atoms with Crippen molar-refractivity contribution in [2.75, 3.05) is 19.6 Å². The van der Waals surface area contributed by atoms with E-state index in [1.54, 1.807) is 0 Å². The zero-order valence-corrected chi connectivity index (χ0v) is 13.0. The summed E-state index contributed by atoms with van der Waals surface area (Å²) in [5.74, 6) is 0.995. The van der Waals surface area contributed by atoms with Gasteiger partial charge in [-0.25, -0.2) is 0 Å². The summed E-state index contributed by atoms with van der Waals surface area (Å²) in [5, 5.41) is 0. The smallest absolute Gasteiger partial charge is 0.0224 e. The molecule has 2 aliphatic heterocycles. The Hall–Kier alpha value is -0.0800. The van der Waals surface area contributed by atoms with E-state index in [1.807, 2.05) is 0 Å². The van der Waals surface area contributed by atoms with Crippen molar-refractivity contribution in [2.24, 2.45) is 5.92 Å². The topological polar surface area (TPSA) is 6.48 Å². The molecule has 0 aromatic heterocycles. The fourth-order valence-electron chi connectivity index (χ4n) is 5.03. The number of hydrogen-bond acceptors (Lipinski definition) is 2. The van der Waals surface area contributed by atoms with Crippen LogP contribution in [0.5, 0.6) is 0 Å². The van der Waals surface area contributed by atoms with E-state index in [0.29, 0.717) is 0 Å². The molecular weight excluding hydrogens is 232 g/mol. The molecule has 3 atom stereocenters. The molecule has 3 unspecified atom stereocenters. The van der Waals surface area contributed by atoms with Crippen LogP contribution in [-0.4, -0.2) is 47.6 Å². The van der Waals surface area contributed by atoms with Crippen LogP contribution in [0.2, 0.25) is 0 Å². The molecule has 3 aliphatic rings. The lowest BCUT2D eigenvalue weighted by Crippen LogP contribution is -2.59. The van der Waals surface area contributed by atoms with Crippen LogP contribution in [0.4, 0.5) is 0 Å². The molecule has 110 valence electrons. The normalized spacial score (nSPS) is 36.3. The highest BCUT2D eigenvalue weighted by molar-refractivity contribution is 4.94. The first-order valence-corrected chi connectivity index (χ1v) is 8.79. The van der Waals surface area contributed by atoms with Crippen molar-refractivity contribution >= 4 is 0 Å². The summed E-state index contributed by atoms with van der Waals surface area (Å²) in [5.41, 5.74) is 0. The first kappa shape index (κ1) is 13.9. The molecule has 1 saturated carbocycles. The Morgan fingerprint density at radius 3 is 2.53 bits per heavy atom. The van der Waals surface area contributed by atoms with Crippen molar-refractivity contribution in [3.8, 4) is 0 Å². The van der Waals surface area contributed by atoms with Crippen LogP contribution in [0, 0.1) is 5.92 Å². The van der Waals surface area contributed by atoms with Gasteiger partial charge in [-0.05, 0) is 51.5 Å². The van der Waals surface area contributed by atoms with Gasteiger partial charge in [0.25, 0.3) is 0 Å². The maximum atomic E-state index is 2.91. The van der Waals surface area contributed by atoms with E-state index in [-0.39, 0.29) is 0 Å². The minimum absolute atomic E-state index is 0.779. The highest BCUT2D eigenvalue weighted by Gasteiger charge is 2.39. The van der Waals surface area contributed by atoms with Crippen LogP contribution < -0.4 is 0 Å². The minimum Gasteiger partial charge on any atom is -0.298 e. The maximum Gasteiger partial charge on any atom is 0.0224 e. The molecule has 2 heterocycles. The van der Waals surface area contributed by atoms with Crippen LogP contribution in [0.1, 0.15) is 65.2 Å². The van der Waals surface area contributed by atoms with E-state index in [9.17, 15) is 0 Å². The van der Waals surface area contributed by atoms with Crippen LogP contribution in [0.3, 0.4) is 0 Å². The average molecular weight is 264 g/mol. The van der Waals surface area contributed by atoms with Crippen molar-refractivity contribution in [1.29, 1.82) is 0 Å². The number of rotatable bonds is 3. The maximum absolute atomic E-state index is 2.91. The second-order valence-electron chi connectivity index (χ2n) is 7.21. The molecule has 1 aliphatic carbocycles. The van der Waals surface area contributed by atoms with Gasteiger partial charge in [0.1, 0.15) is 0 Å². The van der Waals surface area contributed by atoms with Gasteiger partial charge in [0.15, 0.2) is 0 Å². The van der Waals surface area contributed by atoms with Gasteiger partial charge in [-0.3, -0.25) is 9.80 Å². The van der Waals surface area contributed by atoms with Gasteiger partial charge in [0.2, 0.25) is 0 Å². The third-order valence-electron chi connectivity index (χ3n) is 6.02. The molecular formula is C17H32N2. The third kappa shape index (κ3) is 2.85. The summed E-state index contributed by atoms with van der Waals surface area (Å²) in [6.45, 7) is 8.94. The Morgan fingerprint density at radius 1 is 1.00 bits per heavy atom. The third-order valence-corrected chi connectivity index (χ3v) is 6.02. The zero-order valence-electron chi connectivity index (χ0n) is 13.0. The summed E-state index contributed by atoms with van der Waals surface area (Å²) in [6, 6.07) is 2.54. The van der Waals surface area contributed by atoms with Gasteiger partial charge in [-0.15, -0.1) is 0 Å². The Balaban J connectivity index is 1.67. The molecule has 0 N–H and O–H groups in total. The molecule has 0 aromatic carbocycles. The monoisotopic (exact) mass is 264 g/mol. The van der Waals surface area contributed by atoms with E-state index < -0.39 is 0 Å². The van der Waals surface area contributed by atoms with Crippen molar-refractivity contribution in [2.45, 2.75) is 83.3 Å². The molecule has 0 spiro atoms. The highest BCUT2D eigenvalue weighted by atomic mass is 15.3. The van der Waals surface area contributed by atoms with Gasteiger partial charge >= 0.3 is 0 Å². The Labute approximate surface area is 119 Å². The molecule has 2 heteroatoms. The molecule has 0 radical (unpaired) electrons. The fourth-order valence-corrected chi connectivity index (χ4v) is 5.03. The van der Waals surface area contributed by atoms with Crippen molar-refractivity contribution in [3.05, 3.63) is 0 Å². The summed E-state index contributed by atoms with van der Waals surface area (Å²) in [6.07, 6.45) is 11.7. The molecule has 19 heavy (non-hydrogen) atoms. The standard InChI is InChI=1S/C17H32N2/c1-3-17(15-8-5-4-6-9-15)19-13-16-10-7-11-18(16)12-14(19)2/h14-17H,3-13H2,1-2H3. The number of nitrogens with zero attached hydrogens (tertiary/aromatic N) is 2. The van der Waals surface area contributed by atoms with Gasteiger partial charge in [-0.2, -0.15) is 0 Å². The largest absolute Gasteiger partial charge is 0.298 e. The summed E-state index contributed by atoms with van der Waals surface area (Å²) in [4.78, 5) is 5.66. The van der Waals surface area contributed by atoms with Crippen molar-refractivity contribution in [1.82, 2.24) is 9.80 Å². The van der Waals surface area contributed by atoms with Gasteiger partial charge in [-0.1, -0.05) is 26.2 Å². The van der Waals surface area contributed by atoms with E-state index in [0.717, 1.165) is 24.0 Å². The summed E-state index contributed by atoms with van der Waals surface area (Å²) in [7, 11) is 0. The number of hydrogen-bond donors (Lipinski definition) is 0. The molecule has 3 rings (SSSR count). The summed E-state index contributed by atoms with van der Waals surface area (Å²) < 4.78 is 0. The molecule has 3 fully saturated rings. The van der Waals surface area contributed by atoms with Crippen molar-refractivity contribution < 1.29 is 0 Å². The van der Waals surface area contributed by atoms with Crippen LogP contribution in [0.15, 0.2) is 0 Å². The molecule has 2 nitrogen and oxygen atoms in total. The average Bonchev–Trinajstić information content (AvgIpc) is 2.88. The predicted octanol–water partition coefficient (Wildman–Crippen LogP) is 3.51. The van der Waals surface area contributed by atoms with E-state index >= 15 is 0 Å². The van der Waals surface area contributed by atoms with E-state index in [4.69, 9.17) is 0 Å². The van der Waals surface area contributed by atoms with Gasteiger partial charge in [0, 0.05) is 31.2 Å². The first-order valence-electron chi connectivity index (χ1n) is 8.79. The van der Waals surface area contributed by atoms with Gasteiger partial charge in [0.05, 0.1) is 0 Å². The Bertz CT molecular complexity index is 285. The SMILES string of the molecule is CCC(C1CCCCC1)N1CC2CCCN2CC1C. The molecule has 0 bridgehead atoms. The second kappa shape index (κ2) is 6.13. The van der Waals surface area contributed by atoms with Crippen LogP contribution >= 0.6 is 0 Å². The minimum atomic E-state index is 0.779. The molecule has 0 aromatic rings. The van der Waals surface area contributed by atoms with E-state index in [1.165, 1.54) is 71.0 Å². The lowest BCUT2D eigenvalue weighted by Gasteiger charge is -2.48. The molecule has 0 amide bonds. The highest BCUT2D eigenvalue weighted by Crippen LogP contribution is 2.34.